The standard InChI is InChI=1S/C97H92N6O25/c1-100(2)59-21-24-68(74-54(59)31-51-34-57-80(102(5)6)84(108)78(90(98)114)88(112)96(57,119)86(110)72(51)82(74)106)127-93(117)70-36-61(104)76-64(12-10-14-66(76)125-70)122-41-53(124-92(116)50-19-18-46-29-47(16-17-48(46)30-50)49-20-23-63(121-9)56(33-49)95-38-43-26-44(39-95)28-45(27-43)40-95)42-123-65-13-11-15-67-77(65)62(105)37-71(126-67)94(118)128-69-25-22-60(101(3)4)55-32-52-35-58-81(103(7)8)85(109)79(91(99)115)89(113)97(58,120)87(111)73(52)83(107)75(55)69/h10-25,29-30,33,36-37,43-45,51-53,57-58,80-81,108-111,119-120H,26-28,31-32,34-35,38-42H2,1-9H3,(H2,98,114)(H2,99,115)/t43?,44?,45?,51-,52-,57-,58-,80-,81-,95?,96-,97-/m0/s1. The van der Waals surface area contributed by atoms with E-state index in [9.17, 15) is 73.8 Å². The summed E-state index contributed by atoms with van der Waals surface area (Å²) in [5.74, 6) is -18.0. The van der Waals surface area contributed by atoms with Crippen LogP contribution in [0.15, 0.2) is 191 Å². The van der Waals surface area contributed by atoms with Gasteiger partial charge >= 0.3 is 17.9 Å². The van der Waals surface area contributed by atoms with Crippen LogP contribution in [0.25, 0.3) is 43.8 Å². The molecule has 10 aliphatic rings. The molecule has 0 saturated heterocycles. The average Bonchev–Trinajstić information content (AvgIpc) is 0.699. The molecule has 7 aromatic carbocycles. The van der Waals surface area contributed by atoms with Crippen molar-refractivity contribution in [1.29, 1.82) is 0 Å². The second kappa shape index (κ2) is 31.4. The first-order valence-corrected chi connectivity index (χ1v) is 42.2. The summed E-state index contributed by atoms with van der Waals surface area (Å²) in [6.45, 7) is -1.13. The number of aliphatic hydroxyl groups is 6. The first-order chi connectivity index (χ1) is 60.9. The van der Waals surface area contributed by atoms with E-state index in [2.05, 4.69) is 24.3 Å². The number of nitrogens with two attached hydrogens (primary N) is 2. The summed E-state index contributed by atoms with van der Waals surface area (Å²) in [6.07, 6.45) is 5.56. The van der Waals surface area contributed by atoms with Gasteiger partial charge in [0.05, 0.1) is 35.9 Å². The third-order valence-electron chi connectivity index (χ3n) is 27.7. The van der Waals surface area contributed by atoms with Gasteiger partial charge in [-0.15, -0.1) is 0 Å². The molecule has 0 unspecified atom stereocenters. The highest BCUT2D eigenvalue weighted by molar-refractivity contribution is 6.26. The number of carbonyl (C=O) groups excluding carboxylic acids is 9. The number of hydrogen-bond donors (Lipinski definition) is 8. The van der Waals surface area contributed by atoms with Crippen molar-refractivity contribution in [2.24, 2.45) is 52.9 Å². The van der Waals surface area contributed by atoms with E-state index in [0.717, 1.165) is 53.7 Å². The lowest BCUT2D eigenvalue weighted by Gasteiger charge is -2.57. The predicted octanol–water partition coefficient (Wildman–Crippen LogP) is 9.91. The van der Waals surface area contributed by atoms with Crippen molar-refractivity contribution in [3.05, 3.63) is 238 Å². The number of methoxy groups -OCH3 is 1. The van der Waals surface area contributed by atoms with Gasteiger partial charge in [-0.05, 0) is 239 Å². The molecule has 2 heterocycles. The lowest BCUT2D eigenvalue weighted by molar-refractivity contribution is -0.149. The average molecular weight is 1740 g/mol. The summed E-state index contributed by atoms with van der Waals surface area (Å²) in [5, 5.41) is 72.6. The Morgan fingerprint density at radius 3 is 1.34 bits per heavy atom. The predicted molar refractivity (Wildman–Crippen MR) is 464 cm³/mol. The summed E-state index contributed by atoms with van der Waals surface area (Å²) in [4.78, 5) is 163. The molecule has 0 spiro atoms. The number of Topliss-reactive ketones (excluding diaryl/α,β-unsaturated/α-hetero) is 4. The maximum absolute atomic E-state index is 15.1. The van der Waals surface area contributed by atoms with Crippen molar-refractivity contribution in [3.63, 3.8) is 0 Å². The van der Waals surface area contributed by atoms with Crippen LogP contribution in [0.1, 0.15) is 120 Å². The molecule has 0 radical (unpaired) electrons. The number of aliphatic hydroxyl groups excluding tert-OH is 4. The highest BCUT2D eigenvalue weighted by atomic mass is 16.6. The lowest BCUT2D eigenvalue weighted by Crippen LogP contribution is -2.63. The van der Waals surface area contributed by atoms with Gasteiger partial charge in [-0.1, -0.05) is 36.4 Å². The number of rotatable bonds is 21. The summed E-state index contributed by atoms with van der Waals surface area (Å²) >= 11 is 0. The second-order valence-corrected chi connectivity index (χ2v) is 36.1. The third-order valence-corrected chi connectivity index (χ3v) is 27.7. The van der Waals surface area contributed by atoms with Crippen LogP contribution >= 0.6 is 0 Å². The molecule has 10 aliphatic carbocycles. The number of anilines is 2. The highest BCUT2D eigenvalue weighted by Crippen LogP contribution is 2.63. The number of ketones is 4. The molecule has 8 atom stereocenters. The molecule has 31 nitrogen and oxygen atoms in total. The van der Waals surface area contributed by atoms with Gasteiger partial charge in [0.25, 0.3) is 11.8 Å². The fourth-order valence-corrected chi connectivity index (χ4v) is 22.5. The molecule has 2 amide bonds. The molecule has 0 aliphatic heterocycles. The number of amides is 2. The van der Waals surface area contributed by atoms with Gasteiger partial charge in [0, 0.05) is 80.2 Å². The number of likely N-dealkylation sites (N-methyl/N-ethyl adjacent to an activating group) is 2. The van der Waals surface area contributed by atoms with Crippen LogP contribution in [0.4, 0.5) is 11.4 Å². The molecular formula is C97H92N6O25. The first-order valence-electron chi connectivity index (χ1n) is 42.2. The first kappa shape index (κ1) is 85.1. The molecule has 128 heavy (non-hydrogen) atoms. The number of ether oxygens (including phenoxy) is 6. The Hall–Kier alpha value is -13.8. The molecule has 4 saturated carbocycles. The number of fused-ring (bicyclic) bond motifs is 9. The van der Waals surface area contributed by atoms with E-state index < -0.39 is 187 Å². The van der Waals surface area contributed by atoms with Gasteiger partial charge in [0.2, 0.25) is 23.1 Å². The minimum atomic E-state index is -2.91. The molecule has 31 heteroatoms. The molecule has 4 fully saturated rings. The third kappa shape index (κ3) is 13.5. The molecule has 19 rings (SSSR count). The minimum Gasteiger partial charge on any atom is -0.510 e. The number of hydrogen-bond acceptors (Lipinski definition) is 29. The van der Waals surface area contributed by atoms with Gasteiger partial charge in [-0.2, -0.15) is 0 Å². The molecular weight excluding hydrogens is 1650 g/mol. The van der Waals surface area contributed by atoms with E-state index in [1.54, 1.807) is 75.4 Å². The zero-order valence-electron chi connectivity index (χ0n) is 71.3. The van der Waals surface area contributed by atoms with Crippen LogP contribution in [0.5, 0.6) is 28.7 Å². The number of esters is 3. The minimum absolute atomic E-state index is 0.0212. The van der Waals surface area contributed by atoms with E-state index in [1.165, 1.54) is 111 Å². The topological polar surface area (TPSA) is 456 Å². The summed E-state index contributed by atoms with van der Waals surface area (Å²) in [5.41, 5.74) is 5.16. The van der Waals surface area contributed by atoms with Crippen LogP contribution in [-0.4, -0.2) is 199 Å². The maximum Gasteiger partial charge on any atom is 0.379 e. The lowest BCUT2D eigenvalue weighted by atomic mass is 9.48. The molecule has 2 aromatic heterocycles. The summed E-state index contributed by atoms with van der Waals surface area (Å²) < 4.78 is 49.1. The van der Waals surface area contributed by atoms with E-state index in [4.69, 9.17) is 48.7 Å². The zero-order valence-corrected chi connectivity index (χ0v) is 71.3. The van der Waals surface area contributed by atoms with Gasteiger partial charge in [0.15, 0.2) is 39.7 Å². The Morgan fingerprint density at radius 1 is 0.492 bits per heavy atom. The van der Waals surface area contributed by atoms with Crippen molar-refractivity contribution >= 4 is 96.9 Å². The Morgan fingerprint density at radius 2 is 0.914 bits per heavy atom. The molecule has 660 valence electrons. The fraction of sp³-hybridized carbons (Fsp3) is 0.351. The summed E-state index contributed by atoms with van der Waals surface area (Å²) in [7, 11) is 14.7. The Labute approximate surface area is 730 Å². The largest absolute Gasteiger partial charge is 0.510 e. The fourth-order valence-electron chi connectivity index (χ4n) is 22.5. The van der Waals surface area contributed by atoms with Crippen LogP contribution in [-0.2, 0) is 42.2 Å². The van der Waals surface area contributed by atoms with E-state index >= 15 is 9.59 Å². The van der Waals surface area contributed by atoms with Crippen molar-refractivity contribution in [3.8, 4) is 39.9 Å². The van der Waals surface area contributed by atoms with Crippen LogP contribution in [0, 0.1) is 41.4 Å². The van der Waals surface area contributed by atoms with E-state index in [1.807, 2.05) is 12.1 Å². The number of primary amides is 2. The summed E-state index contributed by atoms with van der Waals surface area (Å²) in [6, 6.07) is 31.0. The highest BCUT2D eigenvalue weighted by Gasteiger charge is 2.66. The quantitative estimate of drug-likeness (QED) is 0.0188. The zero-order chi connectivity index (χ0) is 90.8. The van der Waals surface area contributed by atoms with Gasteiger partial charge in [-0.25, -0.2) is 14.4 Å². The van der Waals surface area contributed by atoms with Crippen molar-refractivity contribution in [2.75, 3.05) is 86.5 Å². The van der Waals surface area contributed by atoms with E-state index in [-0.39, 0.29) is 92.7 Å². The Kier molecular flexibility index (Phi) is 20.9. The van der Waals surface area contributed by atoms with Crippen molar-refractivity contribution < 1.29 is 111 Å². The normalized spacial score (nSPS) is 25.0. The number of allylic oxidation sites excluding steroid dienone is 2. The van der Waals surface area contributed by atoms with Crippen molar-refractivity contribution in [2.45, 2.75) is 99.0 Å². The maximum atomic E-state index is 15.1. The monoisotopic (exact) mass is 1740 g/mol. The van der Waals surface area contributed by atoms with Gasteiger partial charge in [-0.3, -0.25) is 48.2 Å². The number of carbonyl (C=O) groups is 9. The van der Waals surface area contributed by atoms with Crippen LogP contribution in [0.2, 0.25) is 0 Å². The van der Waals surface area contributed by atoms with Gasteiger partial charge < -0.3 is 89.2 Å². The molecule has 9 aromatic rings. The molecule has 4 bridgehead atoms. The Bertz CT molecular complexity index is 6350. The number of nitrogens with zero attached hydrogens (tertiary/aromatic N) is 4. The van der Waals surface area contributed by atoms with Crippen LogP contribution in [0.3, 0.4) is 0 Å². The second-order valence-electron chi connectivity index (χ2n) is 36.1. The number of benzene rings is 7. The van der Waals surface area contributed by atoms with E-state index in [0.29, 0.717) is 45.6 Å². The van der Waals surface area contributed by atoms with Crippen molar-refractivity contribution in [1.82, 2.24) is 9.80 Å². The Balaban J connectivity index is 0.633. The molecule has 10 N–H and O–H groups in total. The van der Waals surface area contributed by atoms with Crippen LogP contribution < -0.4 is 55.8 Å². The SMILES string of the molecule is COc1ccc(-c2ccc3cc(C(=O)OC(COc4cccc5oc(C(=O)Oc6ccc(N(C)C)c7c6C(=O)C6=C(O)[C@]8(O)C(=O)C(C(N)=O)=C(O)[C@@H](N(C)C)[C@@H]8C[C@@H]6C7)cc(=O)c45)COc4cccc5oc(C(=O)Oc6ccc(N(C)C)c7c6C(=O)C6=C(O)[C@]8(O)C(=O)C(C(N)=O)=C(O)[C@@H](N(C)C)[C@@H]8C[C@@H]6C7)cc(=O)c45)ccc3c2)cc1C12CC3CC(CC(C3)C1)C2. The van der Waals surface area contributed by atoms with Gasteiger partial charge in [0.1, 0.15) is 98.1 Å². The smallest absolute Gasteiger partial charge is 0.379 e.